The first-order chi connectivity index (χ1) is 8.25. The molecule has 0 radical (unpaired) electrons. The number of rotatable bonds is 6. The Morgan fingerprint density at radius 1 is 1.41 bits per heavy atom. The molecule has 1 aromatic heterocycles. The molecule has 0 spiro atoms. The lowest BCUT2D eigenvalue weighted by Crippen LogP contribution is -2.23. The molecule has 2 rings (SSSR count). The van der Waals surface area contributed by atoms with Crippen molar-refractivity contribution in [2.75, 3.05) is 18.1 Å². The van der Waals surface area contributed by atoms with Gasteiger partial charge in [-0.15, -0.1) is 21.5 Å². The summed E-state index contributed by atoms with van der Waals surface area (Å²) in [4.78, 5) is 0. The molecule has 0 aliphatic carbocycles. The van der Waals surface area contributed by atoms with Crippen molar-refractivity contribution in [3.63, 3.8) is 0 Å². The van der Waals surface area contributed by atoms with Crippen LogP contribution in [0.5, 0.6) is 0 Å². The fourth-order valence-corrected chi connectivity index (χ4v) is 4.24. The van der Waals surface area contributed by atoms with Crippen molar-refractivity contribution in [1.82, 2.24) is 15.5 Å². The molecule has 2 heterocycles. The van der Waals surface area contributed by atoms with Gasteiger partial charge in [-0.3, -0.25) is 0 Å². The molecule has 1 unspecified atom stereocenters. The number of hydrogen-bond acceptors (Lipinski definition) is 5. The predicted octanol–water partition coefficient (Wildman–Crippen LogP) is 2.69. The minimum Gasteiger partial charge on any atom is -0.315 e. The van der Waals surface area contributed by atoms with Gasteiger partial charge in [0, 0.05) is 24.1 Å². The summed E-state index contributed by atoms with van der Waals surface area (Å²) in [6.07, 6.45) is 3.51. The van der Waals surface area contributed by atoms with Crippen LogP contribution in [0.15, 0.2) is 0 Å². The molecule has 1 aliphatic rings. The molecule has 17 heavy (non-hydrogen) atoms. The monoisotopic (exact) mass is 271 g/mol. The summed E-state index contributed by atoms with van der Waals surface area (Å²) in [5.41, 5.74) is 0. The van der Waals surface area contributed by atoms with Gasteiger partial charge in [0.15, 0.2) is 0 Å². The molecule has 0 saturated carbocycles. The molecular formula is C12H21N3S2. The van der Waals surface area contributed by atoms with E-state index < -0.39 is 0 Å². The topological polar surface area (TPSA) is 37.8 Å². The van der Waals surface area contributed by atoms with E-state index in [0.29, 0.717) is 12.0 Å². The van der Waals surface area contributed by atoms with E-state index in [-0.39, 0.29) is 0 Å². The Bertz CT molecular complexity index is 332. The molecule has 1 aromatic rings. The van der Waals surface area contributed by atoms with E-state index in [1.165, 1.54) is 27.9 Å². The van der Waals surface area contributed by atoms with Crippen molar-refractivity contribution >= 4 is 23.1 Å². The Hall–Kier alpha value is -0.130. The van der Waals surface area contributed by atoms with Crippen LogP contribution in [0.2, 0.25) is 0 Å². The van der Waals surface area contributed by atoms with Crippen LogP contribution >= 0.6 is 23.1 Å². The lowest BCUT2D eigenvalue weighted by molar-refractivity contribution is 0.569. The minimum atomic E-state index is 0.579. The largest absolute Gasteiger partial charge is 0.315 e. The number of thioether (sulfide) groups is 1. The lowest BCUT2D eigenvalue weighted by atomic mass is 10.1. The quantitative estimate of drug-likeness (QED) is 0.807. The molecular weight excluding hydrogens is 250 g/mol. The van der Waals surface area contributed by atoms with Crippen molar-refractivity contribution in [3.8, 4) is 0 Å². The van der Waals surface area contributed by atoms with E-state index in [9.17, 15) is 0 Å². The second-order valence-electron chi connectivity index (χ2n) is 4.81. The maximum atomic E-state index is 4.35. The highest BCUT2D eigenvalue weighted by molar-refractivity contribution is 7.99. The molecule has 1 saturated heterocycles. The standard InChI is InChI=1S/C12H21N3S2/c1-9(2)13-6-3-4-11-14-15-12(17-11)10-5-7-16-8-10/h9-10,13H,3-8H2,1-2H3. The van der Waals surface area contributed by atoms with Crippen LogP contribution in [-0.4, -0.2) is 34.3 Å². The van der Waals surface area contributed by atoms with E-state index in [4.69, 9.17) is 0 Å². The fourth-order valence-electron chi connectivity index (χ4n) is 1.89. The number of aryl methyl sites for hydroxylation is 1. The molecule has 5 heteroatoms. The van der Waals surface area contributed by atoms with Gasteiger partial charge < -0.3 is 5.32 Å². The minimum absolute atomic E-state index is 0.579. The molecule has 3 nitrogen and oxygen atoms in total. The van der Waals surface area contributed by atoms with Gasteiger partial charge in [-0.1, -0.05) is 13.8 Å². The summed E-state index contributed by atoms with van der Waals surface area (Å²) in [5, 5.41) is 14.6. The van der Waals surface area contributed by atoms with Gasteiger partial charge in [-0.25, -0.2) is 0 Å². The van der Waals surface area contributed by atoms with Crippen molar-refractivity contribution in [2.45, 2.75) is 45.1 Å². The van der Waals surface area contributed by atoms with Gasteiger partial charge in [0.05, 0.1) is 0 Å². The van der Waals surface area contributed by atoms with Gasteiger partial charge >= 0.3 is 0 Å². The maximum Gasteiger partial charge on any atom is 0.121 e. The van der Waals surface area contributed by atoms with Crippen LogP contribution in [0.1, 0.15) is 42.6 Å². The first-order valence-electron chi connectivity index (χ1n) is 6.39. The van der Waals surface area contributed by atoms with Crippen LogP contribution in [-0.2, 0) is 6.42 Å². The highest BCUT2D eigenvalue weighted by Gasteiger charge is 2.21. The summed E-state index contributed by atoms with van der Waals surface area (Å²) in [6, 6.07) is 0.579. The zero-order chi connectivity index (χ0) is 12.1. The Kier molecular flexibility index (Phi) is 5.25. The molecule has 96 valence electrons. The molecule has 1 fully saturated rings. The van der Waals surface area contributed by atoms with E-state index in [2.05, 4.69) is 29.4 Å². The number of nitrogens with zero attached hydrogens (tertiary/aromatic N) is 2. The van der Waals surface area contributed by atoms with Gasteiger partial charge in [-0.2, -0.15) is 11.8 Å². The predicted molar refractivity (Wildman–Crippen MR) is 76.1 cm³/mol. The molecule has 1 atom stereocenters. The average molecular weight is 271 g/mol. The van der Waals surface area contributed by atoms with Crippen LogP contribution < -0.4 is 5.32 Å². The molecule has 0 bridgehead atoms. The van der Waals surface area contributed by atoms with Crippen molar-refractivity contribution < 1.29 is 0 Å². The third kappa shape index (κ3) is 4.23. The second kappa shape index (κ2) is 6.71. The van der Waals surface area contributed by atoms with Crippen LogP contribution in [0.4, 0.5) is 0 Å². The first-order valence-corrected chi connectivity index (χ1v) is 8.36. The van der Waals surface area contributed by atoms with Gasteiger partial charge in [-0.05, 0) is 25.1 Å². The van der Waals surface area contributed by atoms with Crippen molar-refractivity contribution in [3.05, 3.63) is 10.0 Å². The van der Waals surface area contributed by atoms with Gasteiger partial charge in [0.25, 0.3) is 0 Å². The maximum absolute atomic E-state index is 4.35. The fraction of sp³-hybridized carbons (Fsp3) is 0.833. The van der Waals surface area contributed by atoms with Crippen LogP contribution in [0.25, 0.3) is 0 Å². The highest BCUT2D eigenvalue weighted by Crippen LogP contribution is 2.33. The Morgan fingerprint density at radius 2 is 2.29 bits per heavy atom. The highest BCUT2D eigenvalue weighted by atomic mass is 32.2. The zero-order valence-corrected chi connectivity index (χ0v) is 12.2. The molecule has 1 N–H and O–H groups in total. The van der Waals surface area contributed by atoms with Crippen molar-refractivity contribution in [2.24, 2.45) is 0 Å². The van der Waals surface area contributed by atoms with E-state index in [0.717, 1.165) is 19.4 Å². The third-order valence-corrected chi connectivity index (χ3v) is 5.19. The summed E-state index contributed by atoms with van der Waals surface area (Å²) in [7, 11) is 0. The SMILES string of the molecule is CC(C)NCCCc1nnc(C2CCSC2)s1. The van der Waals surface area contributed by atoms with Gasteiger partial charge in [0.2, 0.25) is 0 Å². The number of aromatic nitrogens is 2. The summed E-state index contributed by atoms with van der Waals surface area (Å²) >= 11 is 3.87. The summed E-state index contributed by atoms with van der Waals surface area (Å²) < 4.78 is 0. The molecule has 0 amide bonds. The van der Waals surface area contributed by atoms with E-state index in [1.807, 2.05) is 23.1 Å². The van der Waals surface area contributed by atoms with Gasteiger partial charge in [0.1, 0.15) is 10.0 Å². The second-order valence-corrected chi connectivity index (χ2v) is 7.05. The Labute approximate surface area is 112 Å². The smallest absolute Gasteiger partial charge is 0.121 e. The summed E-state index contributed by atoms with van der Waals surface area (Å²) in [5.74, 6) is 3.21. The van der Waals surface area contributed by atoms with E-state index in [1.54, 1.807) is 0 Å². The Balaban J connectivity index is 1.74. The average Bonchev–Trinajstić information content (AvgIpc) is 2.94. The van der Waals surface area contributed by atoms with E-state index >= 15 is 0 Å². The third-order valence-electron chi connectivity index (χ3n) is 2.88. The van der Waals surface area contributed by atoms with Crippen molar-refractivity contribution in [1.29, 1.82) is 0 Å². The van der Waals surface area contributed by atoms with Crippen LogP contribution in [0.3, 0.4) is 0 Å². The number of hydrogen-bond donors (Lipinski definition) is 1. The zero-order valence-electron chi connectivity index (χ0n) is 10.6. The van der Waals surface area contributed by atoms with Crippen LogP contribution in [0, 0.1) is 0 Å². The molecule has 1 aliphatic heterocycles. The summed E-state index contributed by atoms with van der Waals surface area (Å²) in [6.45, 7) is 5.44. The lowest BCUT2D eigenvalue weighted by Gasteiger charge is -2.05. The Morgan fingerprint density at radius 3 is 3.00 bits per heavy atom. The normalized spacial score (nSPS) is 20.3. The first kappa shape index (κ1) is 13.3. The molecule has 0 aromatic carbocycles. The number of nitrogens with one attached hydrogen (secondary N) is 1.